The van der Waals surface area contributed by atoms with Crippen LogP contribution in [0.15, 0.2) is 6.07 Å². The highest BCUT2D eigenvalue weighted by molar-refractivity contribution is 5.50. The minimum Gasteiger partial charge on any atom is -0.496 e. The zero-order chi connectivity index (χ0) is 13.4. The fourth-order valence-electron chi connectivity index (χ4n) is 2.00. The maximum absolute atomic E-state index is 14.1. The smallest absolute Gasteiger partial charge is 0.288 e. The van der Waals surface area contributed by atoms with E-state index in [0.29, 0.717) is 16.9 Å². The fourth-order valence-corrected chi connectivity index (χ4v) is 2.00. The summed E-state index contributed by atoms with van der Waals surface area (Å²) in [5.41, 5.74) is 7.18. The van der Waals surface area contributed by atoms with Crippen molar-refractivity contribution in [3.63, 3.8) is 0 Å². The maximum Gasteiger partial charge on any atom is 0.288 e. The van der Waals surface area contributed by atoms with Crippen molar-refractivity contribution in [1.29, 1.82) is 0 Å². The van der Waals surface area contributed by atoms with Gasteiger partial charge in [-0.2, -0.15) is 8.78 Å². The molecule has 0 aliphatic heterocycles. The summed E-state index contributed by atoms with van der Waals surface area (Å²) in [6, 6.07) is 0.418. The predicted octanol–water partition coefficient (Wildman–Crippen LogP) is 3.06. The molecule has 0 aromatic heterocycles. The van der Waals surface area contributed by atoms with Gasteiger partial charge in [0.15, 0.2) is 0 Å². The summed E-state index contributed by atoms with van der Waals surface area (Å²) in [6.07, 6.45) is 0. The summed E-state index contributed by atoms with van der Waals surface area (Å²) in [5, 5.41) is 0. The molecule has 0 fully saturated rings. The van der Waals surface area contributed by atoms with E-state index in [-0.39, 0.29) is 5.56 Å². The molecular formula is C13H19F2NO. The van der Waals surface area contributed by atoms with Crippen LogP contribution < -0.4 is 10.5 Å². The van der Waals surface area contributed by atoms with E-state index in [9.17, 15) is 8.78 Å². The van der Waals surface area contributed by atoms with Gasteiger partial charge in [-0.05, 0) is 50.5 Å². The van der Waals surface area contributed by atoms with Crippen LogP contribution in [0.5, 0.6) is 5.75 Å². The van der Waals surface area contributed by atoms with E-state index in [1.807, 2.05) is 0 Å². The number of benzene rings is 1. The van der Waals surface area contributed by atoms with Crippen molar-refractivity contribution in [3.8, 4) is 5.75 Å². The zero-order valence-corrected chi connectivity index (χ0v) is 10.9. The topological polar surface area (TPSA) is 35.2 Å². The van der Waals surface area contributed by atoms with Crippen molar-refractivity contribution >= 4 is 0 Å². The molecule has 0 amide bonds. The molecule has 1 unspecified atom stereocenters. The highest BCUT2D eigenvalue weighted by Gasteiger charge is 2.39. The molecule has 96 valence electrons. The second-order valence-corrected chi connectivity index (χ2v) is 4.43. The van der Waals surface area contributed by atoms with Crippen molar-refractivity contribution in [2.45, 2.75) is 39.7 Å². The molecular weight excluding hydrogens is 224 g/mol. The second-order valence-electron chi connectivity index (χ2n) is 4.43. The van der Waals surface area contributed by atoms with Gasteiger partial charge in [-0.3, -0.25) is 0 Å². The minimum atomic E-state index is -3.02. The largest absolute Gasteiger partial charge is 0.496 e. The van der Waals surface area contributed by atoms with E-state index in [1.165, 1.54) is 14.0 Å². The number of hydrogen-bond donors (Lipinski definition) is 1. The molecule has 0 aliphatic carbocycles. The van der Waals surface area contributed by atoms with Crippen LogP contribution in [0, 0.1) is 20.8 Å². The van der Waals surface area contributed by atoms with Crippen molar-refractivity contribution in [1.82, 2.24) is 0 Å². The molecule has 0 heterocycles. The van der Waals surface area contributed by atoms with Gasteiger partial charge in [0.25, 0.3) is 5.92 Å². The molecule has 2 nitrogen and oxygen atoms in total. The molecule has 0 spiro atoms. The molecule has 0 saturated heterocycles. The Bertz CT molecular complexity index is 428. The Morgan fingerprint density at radius 3 is 2.18 bits per heavy atom. The average molecular weight is 243 g/mol. The number of halogens is 2. The molecule has 1 aromatic rings. The van der Waals surface area contributed by atoms with Crippen LogP contribution in [0.2, 0.25) is 0 Å². The average Bonchev–Trinajstić information content (AvgIpc) is 2.22. The first kappa shape index (κ1) is 13.9. The van der Waals surface area contributed by atoms with Gasteiger partial charge in [0.2, 0.25) is 0 Å². The van der Waals surface area contributed by atoms with Gasteiger partial charge in [0.05, 0.1) is 13.2 Å². The summed E-state index contributed by atoms with van der Waals surface area (Å²) in [5.74, 6) is -2.39. The quantitative estimate of drug-likeness (QED) is 0.885. The molecule has 0 bridgehead atoms. The highest BCUT2D eigenvalue weighted by Crippen LogP contribution is 2.39. The lowest BCUT2D eigenvalue weighted by atomic mass is 9.90. The maximum atomic E-state index is 14.1. The number of aryl methyl sites for hydroxylation is 1. The summed E-state index contributed by atoms with van der Waals surface area (Å²) < 4.78 is 33.3. The zero-order valence-electron chi connectivity index (χ0n) is 10.9. The van der Waals surface area contributed by atoms with Crippen LogP contribution in [-0.2, 0) is 5.92 Å². The van der Waals surface area contributed by atoms with Gasteiger partial charge in [-0.25, -0.2) is 0 Å². The first-order valence-corrected chi connectivity index (χ1v) is 5.52. The van der Waals surface area contributed by atoms with Gasteiger partial charge < -0.3 is 10.5 Å². The molecule has 0 aliphatic rings. The fraction of sp³-hybridized carbons (Fsp3) is 0.538. The van der Waals surface area contributed by atoms with Crippen molar-refractivity contribution in [3.05, 3.63) is 28.3 Å². The number of methoxy groups -OCH3 is 1. The standard InChI is InChI=1S/C13H19F2NO/c1-7-6-11(17-5)8(2)9(3)12(7)13(14,15)10(4)16/h6,10H,16H2,1-5H3. The SMILES string of the molecule is COc1cc(C)c(C(F)(F)C(C)N)c(C)c1C. The number of rotatable bonds is 3. The molecule has 1 rings (SSSR count). The first-order valence-electron chi connectivity index (χ1n) is 5.52. The van der Waals surface area contributed by atoms with E-state index in [2.05, 4.69) is 0 Å². The van der Waals surface area contributed by atoms with Gasteiger partial charge in [0.1, 0.15) is 5.75 Å². The Kier molecular flexibility index (Phi) is 3.77. The van der Waals surface area contributed by atoms with Crippen molar-refractivity contribution < 1.29 is 13.5 Å². The molecule has 17 heavy (non-hydrogen) atoms. The summed E-state index contributed by atoms with van der Waals surface area (Å²) in [6.45, 7) is 6.42. The molecule has 1 aromatic carbocycles. The van der Waals surface area contributed by atoms with E-state index >= 15 is 0 Å². The number of nitrogens with two attached hydrogens (primary N) is 1. The molecule has 4 heteroatoms. The van der Waals surface area contributed by atoms with Crippen LogP contribution in [0.4, 0.5) is 8.78 Å². The van der Waals surface area contributed by atoms with Crippen LogP contribution in [0.1, 0.15) is 29.2 Å². The molecule has 0 radical (unpaired) electrons. The van der Waals surface area contributed by atoms with Crippen LogP contribution in [0.25, 0.3) is 0 Å². The van der Waals surface area contributed by atoms with E-state index in [0.717, 1.165) is 5.56 Å². The Labute approximate surface area is 101 Å². The summed E-state index contributed by atoms with van der Waals surface area (Å²) in [4.78, 5) is 0. The normalized spacial score (nSPS) is 13.6. The minimum absolute atomic E-state index is 0.0193. The Hall–Kier alpha value is -1.16. The summed E-state index contributed by atoms with van der Waals surface area (Å²) >= 11 is 0. The predicted molar refractivity (Wildman–Crippen MR) is 64.7 cm³/mol. The third-order valence-corrected chi connectivity index (χ3v) is 3.17. The summed E-state index contributed by atoms with van der Waals surface area (Å²) in [7, 11) is 1.53. The molecule has 1 atom stereocenters. The molecule has 0 saturated carbocycles. The lowest BCUT2D eigenvalue weighted by molar-refractivity contribution is -0.0269. The van der Waals surface area contributed by atoms with Crippen molar-refractivity contribution in [2.75, 3.05) is 7.11 Å². The first-order chi connectivity index (χ1) is 7.73. The molecule has 2 N–H and O–H groups in total. The Balaban J connectivity index is 3.51. The second kappa shape index (κ2) is 4.61. The van der Waals surface area contributed by atoms with Crippen LogP contribution in [0.3, 0.4) is 0 Å². The van der Waals surface area contributed by atoms with Gasteiger partial charge in [-0.15, -0.1) is 0 Å². The number of hydrogen-bond acceptors (Lipinski definition) is 2. The van der Waals surface area contributed by atoms with Gasteiger partial charge in [-0.1, -0.05) is 0 Å². The monoisotopic (exact) mass is 243 g/mol. The van der Waals surface area contributed by atoms with Crippen molar-refractivity contribution in [2.24, 2.45) is 5.73 Å². The van der Waals surface area contributed by atoms with E-state index < -0.39 is 12.0 Å². The van der Waals surface area contributed by atoms with Gasteiger partial charge in [0, 0.05) is 5.56 Å². The lowest BCUT2D eigenvalue weighted by Crippen LogP contribution is -2.37. The van der Waals surface area contributed by atoms with E-state index in [4.69, 9.17) is 10.5 Å². The lowest BCUT2D eigenvalue weighted by Gasteiger charge is -2.26. The Morgan fingerprint density at radius 1 is 1.24 bits per heavy atom. The Morgan fingerprint density at radius 2 is 1.76 bits per heavy atom. The van der Waals surface area contributed by atoms with Gasteiger partial charge >= 0.3 is 0 Å². The van der Waals surface area contributed by atoms with Crippen LogP contribution >= 0.6 is 0 Å². The van der Waals surface area contributed by atoms with E-state index in [1.54, 1.807) is 26.8 Å². The number of ether oxygens (including phenoxy) is 1. The number of alkyl halides is 2. The third-order valence-electron chi connectivity index (χ3n) is 3.17. The van der Waals surface area contributed by atoms with Crippen LogP contribution in [-0.4, -0.2) is 13.2 Å². The third kappa shape index (κ3) is 2.27. The highest BCUT2D eigenvalue weighted by atomic mass is 19.3.